The summed E-state index contributed by atoms with van der Waals surface area (Å²) in [5, 5.41) is 13.0. The van der Waals surface area contributed by atoms with Crippen LogP contribution in [-0.4, -0.2) is 41.0 Å². The van der Waals surface area contributed by atoms with Gasteiger partial charge in [0.15, 0.2) is 0 Å². The molecule has 1 amide bonds. The number of amides is 1. The van der Waals surface area contributed by atoms with Gasteiger partial charge >= 0.3 is 5.97 Å². The number of carboxylic acid groups (broad SMARTS) is 1. The van der Waals surface area contributed by atoms with Gasteiger partial charge < -0.3 is 10.4 Å². The maximum absolute atomic E-state index is 12.1. The Kier molecular flexibility index (Phi) is 5.67. The van der Waals surface area contributed by atoms with E-state index >= 15 is 0 Å². The minimum Gasteiger partial charge on any atom is -0.480 e. The zero-order valence-corrected chi connectivity index (χ0v) is 13.7. The van der Waals surface area contributed by atoms with Crippen molar-refractivity contribution in [3.63, 3.8) is 0 Å². The Labute approximate surface area is 139 Å². The number of nitrogens with zero attached hydrogens (tertiary/aromatic N) is 1. The molecule has 0 radical (unpaired) electrons. The van der Waals surface area contributed by atoms with Crippen molar-refractivity contribution in [3.05, 3.63) is 33.8 Å². The monoisotopic (exact) mass is 344 g/mol. The van der Waals surface area contributed by atoms with Crippen molar-refractivity contribution in [2.75, 3.05) is 13.1 Å². The highest BCUT2D eigenvalue weighted by Crippen LogP contribution is 2.26. The summed E-state index contributed by atoms with van der Waals surface area (Å²) in [7, 11) is 0. The Hall–Kier alpha value is -1.30. The maximum Gasteiger partial charge on any atom is 0.320 e. The van der Waals surface area contributed by atoms with Gasteiger partial charge in [-0.2, -0.15) is 0 Å². The molecule has 5 nitrogen and oxygen atoms in total. The van der Waals surface area contributed by atoms with E-state index < -0.39 is 12.0 Å². The highest BCUT2D eigenvalue weighted by atomic mass is 35.5. The molecule has 22 heavy (non-hydrogen) atoms. The van der Waals surface area contributed by atoms with Crippen LogP contribution in [0.25, 0.3) is 0 Å². The predicted molar refractivity (Wildman–Crippen MR) is 85.3 cm³/mol. The molecule has 2 atom stereocenters. The smallest absolute Gasteiger partial charge is 0.320 e. The summed E-state index contributed by atoms with van der Waals surface area (Å²) in [6.07, 6.45) is 1.38. The van der Waals surface area contributed by atoms with E-state index in [-0.39, 0.29) is 18.5 Å². The molecule has 120 valence electrons. The van der Waals surface area contributed by atoms with E-state index in [0.29, 0.717) is 23.0 Å². The summed E-state index contributed by atoms with van der Waals surface area (Å²) in [4.78, 5) is 24.9. The second kappa shape index (κ2) is 7.31. The van der Waals surface area contributed by atoms with E-state index in [1.165, 1.54) is 0 Å². The molecule has 1 aromatic rings. The fourth-order valence-corrected chi connectivity index (χ4v) is 3.27. The molecule has 1 aliphatic heterocycles. The molecule has 1 heterocycles. The number of carbonyl (C=O) groups is 2. The van der Waals surface area contributed by atoms with Crippen LogP contribution in [0.4, 0.5) is 0 Å². The number of rotatable bonds is 5. The van der Waals surface area contributed by atoms with Crippen molar-refractivity contribution in [2.45, 2.75) is 31.8 Å². The van der Waals surface area contributed by atoms with Crippen molar-refractivity contribution in [1.82, 2.24) is 10.2 Å². The molecule has 1 fully saturated rings. The minimum atomic E-state index is -0.876. The van der Waals surface area contributed by atoms with Crippen LogP contribution in [0.2, 0.25) is 10.0 Å². The minimum absolute atomic E-state index is 0.0759. The van der Waals surface area contributed by atoms with Crippen LogP contribution < -0.4 is 5.32 Å². The molecular formula is C15H18Cl2N2O3. The van der Waals surface area contributed by atoms with Crippen molar-refractivity contribution in [2.24, 2.45) is 0 Å². The molecule has 2 rings (SSSR count). The number of hydrogen-bond acceptors (Lipinski definition) is 3. The topological polar surface area (TPSA) is 69.6 Å². The summed E-state index contributed by atoms with van der Waals surface area (Å²) in [5.41, 5.74) is 0.774. The SMILES string of the molecule is CC(NC(=O)CN1CCC[C@H]1C(=O)O)c1ccc(Cl)cc1Cl. The Morgan fingerprint density at radius 2 is 2.18 bits per heavy atom. The second-order valence-corrected chi connectivity index (χ2v) is 6.27. The number of aliphatic carboxylic acids is 1. The summed E-state index contributed by atoms with van der Waals surface area (Å²) < 4.78 is 0. The number of benzene rings is 1. The lowest BCUT2D eigenvalue weighted by Crippen LogP contribution is -2.43. The first-order valence-corrected chi connectivity index (χ1v) is 7.85. The number of halogens is 2. The van der Waals surface area contributed by atoms with Gasteiger partial charge in [-0.05, 0) is 44.0 Å². The van der Waals surface area contributed by atoms with Crippen LogP contribution in [0, 0.1) is 0 Å². The van der Waals surface area contributed by atoms with Gasteiger partial charge in [-0.15, -0.1) is 0 Å². The Morgan fingerprint density at radius 3 is 2.82 bits per heavy atom. The standard InChI is InChI=1S/C15H18Cl2N2O3/c1-9(11-5-4-10(16)7-12(11)17)18-14(20)8-19-6-2-3-13(19)15(21)22/h4-5,7,9,13H,2-3,6,8H2,1H3,(H,18,20)(H,21,22)/t9?,13-/m0/s1. The molecule has 1 unspecified atom stereocenters. The summed E-state index contributed by atoms with van der Waals surface area (Å²) in [5.74, 6) is -1.09. The first kappa shape index (κ1) is 17.1. The Balaban J connectivity index is 1.95. The molecule has 1 aliphatic rings. The quantitative estimate of drug-likeness (QED) is 0.861. The van der Waals surface area contributed by atoms with E-state index in [9.17, 15) is 9.59 Å². The van der Waals surface area contributed by atoms with E-state index in [2.05, 4.69) is 5.32 Å². The third-order valence-electron chi connectivity index (χ3n) is 3.80. The molecule has 1 aromatic carbocycles. The molecule has 0 saturated carbocycles. The van der Waals surface area contributed by atoms with Gasteiger partial charge in [0.2, 0.25) is 5.91 Å². The lowest BCUT2D eigenvalue weighted by Gasteiger charge is -2.22. The van der Waals surface area contributed by atoms with Crippen molar-refractivity contribution in [1.29, 1.82) is 0 Å². The number of hydrogen-bond donors (Lipinski definition) is 2. The molecule has 0 aromatic heterocycles. The molecule has 0 bridgehead atoms. The van der Waals surface area contributed by atoms with Gasteiger partial charge in [-0.25, -0.2) is 0 Å². The number of likely N-dealkylation sites (tertiary alicyclic amines) is 1. The molecule has 7 heteroatoms. The summed E-state index contributed by atoms with van der Waals surface area (Å²) in [6.45, 7) is 2.53. The van der Waals surface area contributed by atoms with Crippen molar-refractivity contribution >= 4 is 35.1 Å². The van der Waals surface area contributed by atoms with Crippen LogP contribution in [-0.2, 0) is 9.59 Å². The number of nitrogens with one attached hydrogen (secondary N) is 1. The molecule has 1 saturated heterocycles. The molecule has 2 N–H and O–H groups in total. The van der Waals surface area contributed by atoms with E-state index in [0.717, 1.165) is 12.0 Å². The van der Waals surface area contributed by atoms with E-state index in [1.54, 1.807) is 23.1 Å². The third-order valence-corrected chi connectivity index (χ3v) is 4.36. The van der Waals surface area contributed by atoms with Gasteiger partial charge in [0, 0.05) is 10.0 Å². The zero-order chi connectivity index (χ0) is 16.3. The largest absolute Gasteiger partial charge is 0.480 e. The highest BCUT2D eigenvalue weighted by molar-refractivity contribution is 6.35. The predicted octanol–water partition coefficient (Wildman–Crippen LogP) is 2.72. The van der Waals surface area contributed by atoms with Crippen LogP contribution in [0.3, 0.4) is 0 Å². The van der Waals surface area contributed by atoms with Crippen LogP contribution in [0.1, 0.15) is 31.4 Å². The van der Waals surface area contributed by atoms with Gasteiger partial charge in [0.25, 0.3) is 0 Å². The fourth-order valence-electron chi connectivity index (χ4n) is 2.70. The fraction of sp³-hybridized carbons (Fsp3) is 0.467. The first-order valence-electron chi connectivity index (χ1n) is 7.09. The Bertz CT molecular complexity index is 580. The molecular weight excluding hydrogens is 327 g/mol. The summed E-state index contributed by atoms with van der Waals surface area (Å²) >= 11 is 12.0. The van der Waals surface area contributed by atoms with Crippen LogP contribution in [0.5, 0.6) is 0 Å². The normalized spacial score (nSPS) is 19.9. The lowest BCUT2D eigenvalue weighted by molar-refractivity contribution is -0.142. The summed E-state index contributed by atoms with van der Waals surface area (Å²) in [6, 6.07) is 4.27. The van der Waals surface area contributed by atoms with Crippen molar-refractivity contribution < 1.29 is 14.7 Å². The van der Waals surface area contributed by atoms with Crippen molar-refractivity contribution in [3.8, 4) is 0 Å². The average molecular weight is 345 g/mol. The zero-order valence-electron chi connectivity index (χ0n) is 12.2. The second-order valence-electron chi connectivity index (χ2n) is 5.42. The molecule has 0 aliphatic carbocycles. The number of carbonyl (C=O) groups excluding carboxylic acids is 1. The lowest BCUT2D eigenvalue weighted by atomic mass is 10.1. The maximum atomic E-state index is 12.1. The average Bonchev–Trinajstić information content (AvgIpc) is 2.86. The number of carboxylic acids is 1. The highest BCUT2D eigenvalue weighted by Gasteiger charge is 2.31. The van der Waals surface area contributed by atoms with Gasteiger partial charge in [-0.3, -0.25) is 14.5 Å². The van der Waals surface area contributed by atoms with E-state index in [4.69, 9.17) is 28.3 Å². The van der Waals surface area contributed by atoms with Gasteiger partial charge in [-0.1, -0.05) is 29.3 Å². The van der Waals surface area contributed by atoms with Crippen LogP contribution in [0.15, 0.2) is 18.2 Å². The Morgan fingerprint density at radius 1 is 1.45 bits per heavy atom. The molecule has 0 spiro atoms. The van der Waals surface area contributed by atoms with Crippen LogP contribution >= 0.6 is 23.2 Å². The van der Waals surface area contributed by atoms with E-state index in [1.807, 2.05) is 6.92 Å². The first-order chi connectivity index (χ1) is 10.4. The van der Waals surface area contributed by atoms with Gasteiger partial charge in [0.1, 0.15) is 6.04 Å². The third kappa shape index (κ3) is 4.12. The van der Waals surface area contributed by atoms with Gasteiger partial charge in [0.05, 0.1) is 12.6 Å².